The maximum atomic E-state index is 5.54. The van der Waals surface area contributed by atoms with E-state index in [0.717, 1.165) is 12.8 Å². The first-order valence-corrected chi connectivity index (χ1v) is 3.87. The molecule has 0 spiro atoms. The molecular formula is C9H17N. The largest absolute Gasteiger partial charge is 0.328 e. The van der Waals surface area contributed by atoms with Gasteiger partial charge in [0.25, 0.3) is 0 Å². The van der Waals surface area contributed by atoms with Crippen LogP contribution in [0.3, 0.4) is 0 Å². The average molecular weight is 139 g/mol. The summed E-state index contributed by atoms with van der Waals surface area (Å²) in [5.74, 6) is 6.68. The minimum atomic E-state index is 0.293. The Labute approximate surface area is 64.0 Å². The van der Waals surface area contributed by atoms with Crippen LogP contribution in [0, 0.1) is 17.8 Å². The van der Waals surface area contributed by atoms with E-state index >= 15 is 0 Å². The third-order valence-electron chi connectivity index (χ3n) is 1.12. The van der Waals surface area contributed by atoms with Crippen molar-refractivity contribution in [3.8, 4) is 11.8 Å². The maximum absolute atomic E-state index is 5.54. The highest BCUT2D eigenvalue weighted by molar-refractivity contribution is 5.01. The lowest BCUT2D eigenvalue weighted by molar-refractivity contribution is 0.682. The zero-order valence-corrected chi connectivity index (χ0v) is 7.15. The molecule has 10 heavy (non-hydrogen) atoms. The highest BCUT2D eigenvalue weighted by atomic mass is 14.6. The van der Waals surface area contributed by atoms with Gasteiger partial charge in [0.2, 0.25) is 0 Å². The molecule has 1 unspecified atom stereocenters. The molecule has 0 bridgehead atoms. The molecule has 0 radical (unpaired) electrons. The zero-order valence-electron chi connectivity index (χ0n) is 7.15. The Bertz CT molecular complexity index is 125. The van der Waals surface area contributed by atoms with Gasteiger partial charge >= 0.3 is 0 Å². The van der Waals surface area contributed by atoms with Crippen LogP contribution < -0.4 is 5.73 Å². The fourth-order valence-corrected chi connectivity index (χ4v) is 0.576. The summed E-state index contributed by atoms with van der Waals surface area (Å²) in [6, 6.07) is 0.293. The van der Waals surface area contributed by atoms with Gasteiger partial charge < -0.3 is 5.73 Å². The first-order valence-electron chi connectivity index (χ1n) is 3.87. The van der Waals surface area contributed by atoms with Crippen molar-refractivity contribution >= 4 is 0 Å². The first kappa shape index (κ1) is 9.52. The molecule has 0 amide bonds. The lowest BCUT2D eigenvalue weighted by Gasteiger charge is -1.97. The zero-order chi connectivity index (χ0) is 7.98. The second-order valence-electron chi connectivity index (χ2n) is 2.99. The van der Waals surface area contributed by atoms with Gasteiger partial charge in [-0.15, -0.1) is 11.8 Å². The quantitative estimate of drug-likeness (QED) is 0.580. The summed E-state index contributed by atoms with van der Waals surface area (Å²) >= 11 is 0. The van der Waals surface area contributed by atoms with Crippen molar-refractivity contribution in [3.63, 3.8) is 0 Å². The van der Waals surface area contributed by atoms with Gasteiger partial charge in [-0.25, -0.2) is 0 Å². The van der Waals surface area contributed by atoms with Crippen LogP contribution in [0.4, 0.5) is 0 Å². The maximum Gasteiger partial charge on any atom is 0.0146 e. The van der Waals surface area contributed by atoms with Crippen molar-refractivity contribution in [1.82, 2.24) is 0 Å². The Morgan fingerprint density at radius 3 is 2.30 bits per heavy atom. The summed E-state index contributed by atoms with van der Waals surface area (Å²) in [4.78, 5) is 0. The molecule has 1 heteroatoms. The smallest absolute Gasteiger partial charge is 0.0146 e. The van der Waals surface area contributed by atoms with E-state index in [2.05, 4.69) is 25.7 Å². The highest BCUT2D eigenvalue weighted by Crippen LogP contribution is 1.92. The van der Waals surface area contributed by atoms with Gasteiger partial charge in [-0.1, -0.05) is 13.8 Å². The molecule has 0 aromatic rings. The number of rotatable bonds is 2. The van der Waals surface area contributed by atoms with Crippen molar-refractivity contribution in [3.05, 3.63) is 0 Å². The Hall–Kier alpha value is -0.480. The van der Waals surface area contributed by atoms with Crippen molar-refractivity contribution in [2.45, 2.75) is 39.7 Å². The van der Waals surface area contributed by atoms with E-state index in [1.165, 1.54) is 0 Å². The van der Waals surface area contributed by atoms with Gasteiger partial charge in [0.1, 0.15) is 0 Å². The van der Waals surface area contributed by atoms with Gasteiger partial charge in [-0.05, 0) is 13.3 Å². The van der Waals surface area contributed by atoms with Crippen LogP contribution in [0.25, 0.3) is 0 Å². The molecule has 0 fully saturated rings. The molecule has 2 N–H and O–H groups in total. The molecule has 0 aliphatic rings. The first-order chi connectivity index (χ1) is 4.63. The third kappa shape index (κ3) is 7.52. The van der Waals surface area contributed by atoms with Crippen molar-refractivity contribution < 1.29 is 0 Å². The topological polar surface area (TPSA) is 26.0 Å². The molecule has 0 aromatic heterocycles. The summed E-state index contributed by atoms with van der Waals surface area (Å²) in [5, 5.41) is 0. The van der Waals surface area contributed by atoms with E-state index < -0.39 is 0 Å². The van der Waals surface area contributed by atoms with E-state index in [4.69, 9.17) is 5.73 Å². The molecule has 0 aliphatic carbocycles. The van der Waals surface area contributed by atoms with Gasteiger partial charge in [0.05, 0.1) is 0 Å². The Morgan fingerprint density at radius 2 is 1.90 bits per heavy atom. The average Bonchev–Trinajstić information content (AvgIpc) is 1.79. The Balaban J connectivity index is 3.29. The van der Waals surface area contributed by atoms with Gasteiger partial charge in [0.15, 0.2) is 0 Å². The predicted octanol–water partition coefficient (Wildman–Crippen LogP) is 1.77. The summed E-state index contributed by atoms with van der Waals surface area (Å²) in [7, 11) is 0. The second kappa shape index (κ2) is 5.32. The number of hydrogen-bond donors (Lipinski definition) is 1. The number of nitrogens with two attached hydrogens (primary N) is 1. The van der Waals surface area contributed by atoms with Crippen molar-refractivity contribution in [2.75, 3.05) is 0 Å². The molecule has 58 valence electrons. The van der Waals surface area contributed by atoms with Gasteiger partial charge in [-0.3, -0.25) is 0 Å². The minimum absolute atomic E-state index is 0.293. The second-order valence-corrected chi connectivity index (χ2v) is 2.99. The molecule has 0 rings (SSSR count). The van der Waals surface area contributed by atoms with E-state index in [9.17, 15) is 0 Å². The fraction of sp³-hybridized carbons (Fsp3) is 0.778. The van der Waals surface area contributed by atoms with Gasteiger partial charge in [0, 0.05) is 18.4 Å². The molecule has 1 atom stereocenters. The van der Waals surface area contributed by atoms with Crippen LogP contribution in [0.2, 0.25) is 0 Å². The molecule has 0 saturated heterocycles. The lowest BCUT2D eigenvalue weighted by Crippen LogP contribution is -2.13. The number of hydrogen-bond acceptors (Lipinski definition) is 1. The van der Waals surface area contributed by atoms with Crippen LogP contribution in [0.15, 0.2) is 0 Å². The molecule has 0 heterocycles. The molecule has 1 nitrogen and oxygen atoms in total. The van der Waals surface area contributed by atoms with Crippen molar-refractivity contribution in [1.29, 1.82) is 0 Å². The summed E-state index contributed by atoms with van der Waals surface area (Å²) in [6.45, 7) is 6.20. The monoisotopic (exact) mass is 139 g/mol. The van der Waals surface area contributed by atoms with Crippen LogP contribution in [0.1, 0.15) is 33.6 Å². The fourth-order valence-electron chi connectivity index (χ4n) is 0.576. The van der Waals surface area contributed by atoms with Crippen LogP contribution in [-0.2, 0) is 0 Å². The Kier molecular flexibility index (Phi) is 5.06. The molecular weight excluding hydrogens is 122 g/mol. The van der Waals surface area contributed by atoms with Gasteiger partial charge in [-0.2, -0.15) is 0 Å². The minimum Gasteiger partial charge on any atom is -0.328 e. The predicted molar refractivity (Wildman–Crippen MR) is 45.5 cm³/mol. The molecule has 0 saturated carbocycles. The van der Waals surface area contributed by atoms with E-state index in [-0.39, 0.29) is 0 Å². The summed E-state index contributed by atoms with van der Waals surface area (Å²) < 4.78 is 0. The Morgan fingerprint density at radius 1 is 1.30 bits per heavy atom. The van der Waals surface area contributed by atoms with Crippen LogP contribution in [-0.4, -0.2) is 6.04 Å². The van der Waals surface area contributed by atoms with E-state index in [1.54, 1.807) is 0 Å². The summed E-state index contributed by atoms with van der Waals surface area (Å²) in [5.41, 5.74) is 5.54. The summed E-state index contributed by atoms with van der Waals surface area (Å²) in [6.07, 6.45) is 1.95. The van der Waals surface area contributed by atoms with Crippen LogP contribution in [0.5, 0.6) is 0 Å². The highest BCUT2D eigenvalue weighted by Gasteiger charge is 1.89. The van der Waals surface area contributed by atoms with E-state index in [0.29, 0.717) is 12.0 Å². The van der Waals surface area contributed by atoms with Crippen molar-refractivity contribution in [2.24, 2.45) is 11.7 Å². The standard InChI is InChI=1S/C9H17N/c1-8(2)6-4-5-7-9(3)10/h8-9H,5,7,10H2,1-3H3. The third-order valence-corrected chi connectivity index (χ3v) is 1.12. The van der Waals surface area contributed by atoms with Crippen LogP contribution >= 0.6 is 0 Å². The molecule has 0 aromatic carbocycles. The molecule has 0 aliphatic heterocycles. The van der Waals surface area contributed by atoms with E-state index in [1.807, 2.05) is 6.92 Å². The normalized spacial score (nSPS) is 12.5. The lowest BCUT2D eigenvalue weighted by atomic mass is 10.2. The SMILES string of the molecule is CC(C)C#CCCC(C)N.